The fourth-order valence-corrected chi connectivity index (χ4v) is 3.96. The summed E-state index contributed by atoms with van der Waals surface area (Å²) in [6.07, 6.45) is 5.28. The Balaban J connectivity index is 1.68. The van der Waals surface area contributed by atoms with Crippen molar-refractivity contribution in [1.82, 2.24) is 25.0 Å². The number of nitrogens with one attached hydrogen (secondary N) is 1. The molecule has 0 radical (unpaired) electrons. The van der Waals surface area contributed by atoms with Crippen LogP contribution in [0.4, 0.5) is 0 Å². The van der Waals surface area contributed by atoms with Crippen LogP contribution < -0.4 is 10.1 Å². The average Bonchev–Trinajstić information content (AvgIpc) is 3.08. The summed E-state index contributed by atoms with van der Waals surface area (Å²) in [6, 6.07) is 8.09. The van der Waals surface area contributed by atoms with E-state index >= 15 is 0 Å². The summed E-state index contributed by atoms with van der Waals surface area (Å²) in [6.45, 7) is 6.58. The van der Waals surface area contributed by atoms with Crippen molar-refractivity contribution in [2.75, 3.05) is 20.7 Å². The third-order valence-corrected chi connectivity index (χ3v) is 6.19. The minimum absolute atomic E-state index is 0.602. The lowest BCUT2D eigenvalue weighted by Gasteiger charge is -2.31. The van der Waals surface area contributed by atoms with E-state index in [1.807, 2.05) is 30.7 Å². The molecular formula is C23H36N6O. The monoisotopic (exact) mass is 412 g/mol. The van der Waals surface area contributed by atoms with Gasteiger partial charge in [0.15, 0.2) is 11.8 Å². The molecular weight excluding hydrogens is 376 g/mol. The summed E-state index contributed by atoms with van der Waals surface area (Å²) < 4.78 is 7.26. The molecule has 30 heavy (non-hydrogen) atoms. The fourth-order valence-electron chi connectivity index (χ4n) is 3.96. The van der Waals surface area contributed by atoms with Gasteiger partial charge in [-0.15, -0.1) is 10.2 Å². The number of ether oxygens (including phenoxy) is 1. The van der Waals surface area contributed by atoms with Gasteiger partial charge in [-0.1, -0.05) is 31.9 Å². The number of nitrogens with zero attached hydrogens (tertiary/aromatic N) is 5. The van der Waals surface area contributed by atoms with Crippen LogP contribution in [0.3, 0.4) is 0 Å². The molecule has 1 fully saturated rings. The Hall–Kier alpha value is -2.57. The second-order valence-electron chi connectivity index (χ2n) is 8.57. The van der Waals surface area contributed by atoms with Gasteiger partial charge in [-0.05, 0) is 49.3 Å². The highest BCUT2D eigenvalue weighted by molar-refractivity contribution is 5.79. The molecule has 1 heterocycles. The van der Waals surface area contributed by atoms with Gasteiger partial charge in [0.1, 0.15) is 11.6 Å². The van der Waals surface area contributed by atoms with Crippen LogP contribution in [0, 0.1) is 18.8 Å². The van der Waals surface area contributed by atoms with Crippen molar-refractivity contribution in [2.45, 2.75) is 52.6 Å². The van der Waals surface area contributed by atoms with Gasteiger partial charge >= 0.3 is 0 Å². The molecule has 1 N–H and O–H groups in total. The minimum atomic E-state index is 0.602. The second kappa shape index (κ2) is 10.5. The van der Waals surface area contributed by atoms with E-state index in [0.717, 1.165) is 47.3 Å². The third kappa shape index (κ3) is 5.97. The number of aliphatic imine (C=N–C) groups is 1. The SMILES string of the molecule is COc1ccc(CN=C(NCc2nnc(C)n2C)N(C)CC2CCC(C)CC2)cc1. The predicted molar refractivity (Wildman–Crippen MR) is 120 cm³/mol. The number of methoxy groups -OCH3 is 1. The summed E-state index contributed by atoms with van der Waals surface area (Å²) in [7, 11) is 5.82. The Bertz CT molecular complexity index is 821. The molecule has 7 nitrogen and oxygen atoms in total. The van der Waals surface area contributed by atoms with Crippen molar-refractivity contribution in [3.05, 3.63) is 41.5 Å². The van der Waals surface area contributed by atoms with Gasteiger partial charge in [0, 0.05) is 20.6 Å². The van der Waals surface area contributed by atoms with E-state index in [1.54, 1.807) is 7.11 Å². The van der Waals surface area contributed by atoms with Crippen LogP contribution >= 0.6 is 0 Å². The molecule has 1 aliphatic rings. The van der Waals surface area contributed by atoms with Gasteiger partial charge < -0.3 is 19.5 Å². The van der Waals surface area contributed by atoms with E-state index in [0.29, 0.717) is 13.1 Å². The minimum Gasteiger partial charge on any atom is -0.497 e. The Morgan fingerprint density at radius 3 is 2.50 bits per heavy atom. The highest BCUT2D eigenvalue weighted by Crippen LogP contribution is 2.28. The maximum absolute atomic E-state index is 5.25. The summed E-state index contributed by atoms with van der Waals surface area (Å²) in [5.74, 6) is 5.19. The Kier molecular flexibility index (Phi) is 7.71. The summed E-state index contributed by atoms with van der Waals surface area (Å²) in [5.41, 5.74) is 1.16. The van der Waals surface area contributed by atoms with E-state index in [4.69, 9.17) is 9.73 Å². The fraction of sp³-hybridized carbons (Fsp3) is 0.609. The average molecular weight is 413 g/mol. The third-order valence-electron chi connectivity index (χ3n) is 6.19. The molecule has 164 valence electrons. The molecule has 7 heteroatoms. The van der Waals surface area contributed by atoms with E-state index < -0.39 is 0 Å². The molecule has 0 bridgehead atoms. The van der Waals surface area contributed by atoms with Gasteiger partial charge in [-0.3, -0.25) is 0 Å². The maximum Gasteiger partial charge on any atom is 0.194 e. The van der Waals surface area contributed by atoms with E-state index in [1.165, 1.54) is 25.7 Å². The topological polar surface area (TPSA) is 67.6 Å². The molecule has 0 aliphatic heterocycles. The Labute approximate surface area is 180 Å². The van der Waals surface area contributed by atoms with Crippen LogP contribution in [0.15, 0.2) is 29.3 Å². The van der Waals surface area contributed by atoms with Gasteiger partial charge in [0.2, 0.25) is 0 Å². The molecule has 0 amide bonds. The quantitative estimate of drug-likeness (QED) is 0.557. The van der Waals surface area contributed by atoms with Gasteiger partial charge in [0.25, 0.3) is 0 Å². The van der Waals surface area contributed by atoms with Gasteiger partial charge in [0.05, 0.1) is 20.2 Å². The number of benzene rings is 1. The second-order valence-corrected chi connectivity index (χ2v) is 8.57. The molecule has 1 aromatic carbocycles. The number of hydrogen-bond acceptors (Lipinski definition) is 4. The number of rotatable bonds is 7. The van der Waals surface area contributed by atoms with Crippen LogP contribution in [0.2, 0.25) is 0 Å². The van der Waals surface area contributed by atoms with E-state index in [-0.39, 0.29) is 0 Å². The van der Waals surface area contributed by atoms with Crippen LogP contribution in [0.1, 0.15) is 49.8 Å². The predicted octanol–water partition coefficient (Wildman–Crippen LogP) is 3.54. The molecule has 0 atom stereocenters. The zero-order valence-corrected chi connectivity index (χ0v) is 19.1. The van der Waals surface area contributed by atoms with Crippen LogP contribution in [-0.4, -0.2) is 46.3 Å². The molecule has 1 aromatic heterocycles. The van der Waals surface area contributed by atoms with Crippen molar-refractivity contribution >= 4 is 5.96 Å². The highest BCUT2D eigenvalue weighted by Gasteiger charge is 2.21. The number of hydrogen-bond donors (Lipinski definition) is 1. The zero-order valence-electron chi connectivity index (χ0n) is 19.1. The lowest BCUT2D eigenvalue weighted by atomic mass is 9.83. The molecule has 2 aromatic rings. The molecule has 3 rings (SSSR count). The van der Waals surface area contributed by atoms with Crippen molar-refractivity contribution in [2.24, 2.45) is 23.9 Å². The van der Waals surface area contributed by atoms with Crippen LogP contribution in [0.5, 0.6) is 5.75 Å². The maximum atomic E-state index is 5.25. The normalized spacial score (nSPS) is 19.6. The van der Waals surface area contributed by atoms with Crippen molar-refractivity contribution in [3.8, 4) is 5.75 Å². The summed E-state index contributed by atoms with van der Waals surface area (Å²) in [4.78, 5) is 7.19. The van der Waals surface area contributed by atoms with Crippen molar-refractivity contribution in [3.63, 3.8) is 0 Å². The molecule has 1 saturated carbocycles. The van der Waals surface area contributed by atoms with E-state index in [9.17, 15) is 0 Å². The van der Waals surface area contributed by atoms with Gasteiger partial charge in [-0.25, -0.2) is 4.99 Å². The Morgan fingerprint density at radius 2 is 1.90 bits per heavy atom. The van der Waals surface area contributed by atoms with Crippen LogP contribution in [0.25, 0.3) is 0 Å². The number of aryl methyl sites for hydroxylation is 1. The molecule has 0 saturated heterocycles. The van der Waals surface area contributed by atoms with Crippen molar-refractivity contribution in [1.29, 1.82) is 0 Å². The summed E-state index contributed by atoms with van der Waals surface area (Å²) in [5, 5.41) is 11.9. The zero-order chi connectivity index (χ0) is 21.5. The first-order valence-corrected chi connectivity index (χ1v) is 10.9. The smallest absolute Gasteiger partial charge is 0.194 e. The first kappa shape index (κ1) is 22.1. The number of aromatic nitrogens is 3. The van der Waals surface area contributed by atoms with Crippen molar-refractivity contribution < 1.29 is 4.74 Å². The number of guanidine groups is 1. The Morgan fingerprint density at radius 1 is 1.20 bits per heavy atom. The van der Waals surface area contributed by atoms with Crippen LogP contribution in [-0.2, 0) is 20.1 Å². The molecule has 0 spiro atoms. The largest absolute Gasteiger partial charge is 0.497 e. The van der Waals surface area contributed by atoms with E-state index in [2.05, 4.69) is 46.5 Å². The standard InChI is InChI=1S/C23H36N6O/c1-17-6-8-20(9-7-17)16-28(3)23(25-15-22-27-26-18(2)29(22)4)24-14-19-10-12-21(30-5)13-11-19/h10-13,17,20H,6-9,14-16H2,1-5H3,(H,24,25). The lowest BCUT2D eigenvalue weighted by Crippen LogP contribution is -2.42. The lowest BCUT2D eigenvalue weighted by molar-refractivity contribution is 0.250. The van der Waals surface area contributed by atoms with Gasteiger partial charge in [-0.2, -0.15) is 0 Å². The summed E-state index contributed by atoms with van der Waals surface area (Å²) >= 11 is 0. The first-order valence-electron chi connectivity index (χ1n) is 10.9. The highest BCUT2D eigenvalue weighted by atomic mass is 16.5. The molecule has 0 unspecified atom stereocenters. The first-order chi connectivity index (χ1) is 14.5. The molecule has 1 aliphatic carbocycles.